The van der Waals surface area contributed by atoms with Crippen LogP contribution in [0.3, 0.4) is 0 Å². The van der Waals surface area contributed by atoms with Crippen LogP contribution in [-0.2, 0) is 7.05 Å². The average Bonchev–Trinajstić information content (AvgIpc) is 1.98. The lowest BCUT2D eigenvalue weighted by Crippen LogP contribution is -1.88. The molecule has 0 aliphatic carbocycles. The molecule has 0 spiro atoms. The minimum absolute atomic E-state index is 1.05. The summed E-state index contributed by atoms with van der Waals surface area (Å²) in [6.07, 6.45) is 1.82. The van der Waals surface area contributed by atoms with Crippen molar-refractivity contribution in [3.05, 3.63) is 16.4 Å². The third-order valence-electron chi connectivity index (χ3n) is 1.03. The molecule has 1 rings (SSSR count). The highest BCUT2D eigenvalue weighted by Crippen LogP contribution is 2.11. The number of aryl methyl sites for hydroxylation is 2. The van der Waals surface area contributed by atoms with Crippen molar-refractivity contribution in [2.24, 2.45) is 7.05 Å². The van der Waals surface area contributed by atoms with Crippen LogP contribution in [0, 0.1) is 6.92 Å². The topological polar surface area (TPSA) is 17.8 Å². The van der Waals surface area contributed by atoms with E-state index in [-0.39, 0.29) is 0 Å². The van der Waals surface area contributed by atoms with Gasteiger partial charge >= 0.3 is 0 Å². The first-order chi connectivity index (χ1) is 3.72. The molecule has 1 aromatic rings. The Hall–Kier alpha value is -0.310. The van der Waals surface area contributed by atoms with Crippen molar-refractivity contribution in [3.8, 4) is 0 Å². The van der Waals surface area contributed by atoms with E-state index in [1.165, 1.54) is 5.56 Å². The molecular weight excluding hydrogens is 168 g/mol. The van der Waals surface area contributed by atoms with E-state index in [1.807, 2.05) is 20.2 Å². The maximum atomic E-state index is 3.99. The van der Waals surface area contributed by atoms with Gasteiger partial charge in [0.05, 0.1) is 6.20 Å². The van der Waals surface area contributed by atoms with E-state index < -0.39 is 0 Å². The molecule has 0 aliphatic heterocycles. The second-order valence-electron chi connectivity index (χ2n) is 1.74. The molecule has 1 aromatic heterocycles. The zero-order chi connectivity index (χ0) is 6.15. The van der Waals surface area contributed by atoms with Crippen molar-refractivity contribution >= 4 is 15.9 Å². The largest absolute Gasteiger partial charge is 0.261 e. The van der Waals surface area contributed by atoms with Crippen LogP contribution in [0.5, 0.6) is 0 Å². The fraction of sp³-hybridized carbons (Fsp3) is 0.400. The maximum Gasteiger partial charge on any atom is 0.106 e. The van der Waals surface area contributed by atoms with Gasteiger partial charge < -0.3 is 0 Å². The Kier molecular flexibility index (Phi) is 1.38. The fourth-order valence-corrected chi connectivity index (χ4v) is 0.726. The molecule has 0 saturated carbocycles. The van der Waals surface area contributed by atoms with Crippen LogP contribution in [0.4, 0.5) is 0 Å². The Morgan fingerprint density at radius 2 is 2.38 bits per heavy atom. The Morgan fingerprint density at radius 3 is 2.50 bits per heavy atom. The molecule has 8 heavy (non-hydrogen) atoms. The number of halogens is 1. The molecule has 0 aliphatic rings. The van der Waals surface area contributed by atoms with Crippen molar-refractivity contribution < 1.29 is 0 Å². The van der Waals surface area contributed by atoms with Gasteiger partial charge in [-0.25, -0.2) is 0 Å². The average molecular weight is 175 g/mol. The van der Waals surface area contributed by atoms with E-state index in [4.69, 9.17) is 0 Å². The molecule has 3 heteroatoms. The van der Waals surface area contributed by atoms with Crippen LogP contribution in [0.25, 0.3) is 0 Å². The van der Waals surface area contributed by atoms with Gasteiger partial charge in [0.2, 0.25) is 0 Å². The van der Waals surface area contributed by atoms with Gasteiger partial charge in [-0.15, -0.1) is 0 Å². The fourth-order valence-electron chi connectivity index (χ4n) is 0.532. The molecule has 1 heterocycles. The van der Waals surface area contributed by atoms with E-state index in [1.54, 1.807) is 4.68 Å². The summed E-state index contributed by atoms with van der Waals surface area (Å²) in [5, 5.41) is 3.99. The zero-order valence-electron chi connectivity index (χ0n) is 4.85. The number of rotatable bonds is 0. The van der Waals surface area contributed by atoms with E-state index in [9.17, 15) is 0 Å². The number of hydrogen-bond acceptors (Lipinski definition) is 1. The Bertz CT molecular complexity index is 173. The van der Waals surface area contributed by atoms with Gasteiger partial charge in [0, 0.05) is 12.6 Å². The molecule has 0 atom stereocenters. The zero-order valence-corrected chi connectivity index (χ0v) is 6.44. The number of nitrogens with zero attached hydrogens (tertiary/aromatic N) is 2. The highest BCUT2D eigenvalue weighted by Gasteiger charge is 1.96. The maximum absolute atomic E-state index is 3.99. The Labute approximate surface area is 56.6 Å². The minimum atomic E-state index is 1.05. The van der Waals surface area contributed by atoms with Crippen LogP contribution < -0.4 is 0 Å². The summed E-state index contributed by atoms with van der Waals surface area (Å²) in [6.45, 7) is 2.01. The molecule has 44 valence electrons. The molecule has 0 unspecified atom stereocenters. The van der Waals surface area contributed by atoms with Crippen LogP contribution in [0.2, 0.25) is 0 Å². The predicted molar refractivity (Wildman–Crippen MR) is 35.6 cm³/mol. The monoisotopic (exact) mass is 174 g/mol. The van der Waals surface area contributed by atoms with E-state index in [2.05, 4.69) is 21.0 Å². The highest BCUT2D eigenvalue weighted by molar-refractivity contribution is 9.10. The summed E-state index contributed by atoms with van der Waals surface area (Å²) in [5.74, 6) is 0. The molecule has 0 N–H and O–H groups in total. The summed E-state index contributed by atoms with van der Waals surface area (Å²) in [7, 11) is 1.90. The first-order valence-electron chi connectivity index (χ1n) is 2.36. The van der Waals surface area contributed by atoms with Crippen LogP contribution in [0.15, 0.2) is 10.8 Å². The van der Waals surface area contributed by atoms with Gasteiger partial charge in [0.15, 0.2) is 0 Å². The molecule has 0 saturated heterocycles. The molecule has 0 bridgehead atoms. The SMILES string of the molecule is Cc1cnn(C)c1Br. The van der Waals surface area contributed by atoms with Crippen LogP contribution >= 0.6 is 15.9 Å². The van der Waals surface area contributed by atoms with Crippen LogP contribution in [0.1, 0.15) is 5.56 Å². The first-order valence-corrected chi connectivity index (χ1v) is 3.15. The van der Waals surface area contributed by atoms with Crippen molar-refractivity contribution in [2.45, 2.75) is 6.92 Å². The van der Waals surface area contributed by atoms with E-state index in [0.717, 1.165) is 4.60 Å². The second kappa shape index (κ2) is 1.90. The molecule has 0 aromatic carbocycles. The number of aromatic nitrogens is 2. The highest BCUT2D eigenvalue weighted by atomic mass is 79.9. The van der Waals surface area contributed by atoms with Crippen LogP contribution in [-0.4, -0.2) is 9.78 Å². The van der Waals surface area contributed by atoms with Gasteiger partial charge in [0.1, 0.15) is 4.60 Å². The first kappa shape index (κ1) is 5.82. The lowest BCUT2D eigenvalue weighted by Gasteiger charge is -1.88. The second-order valence-corrected chi connectivity index (χ2v) is 2.49. The molecule has 0 fully saturated rings. The van der Waals surface area contributed by atoms with Gasteiger partial charge in [-0.2, -0.15) is 5.10 Å². The summed E-state index contributed by atoms with van der Waals surface area (Å²) >= 11 is 3.35. The predicted octanol–water partition coefficient (Wildman–Crippen LogP) is 1.49. The Balaban J connectivity index is 3.19. The summed E-state index contributed by atoms with van der Waals surface area (Å²) in [5.41, 5.74) is 1.17. The van der Waals surface area contributed by atoms with E-state index in [0.29, 0.717) is 0 Å². The van der Waals surface area contributed by atoms with Crippen molar-refractivity contribution in [2.75, 3.05) is 0 Å². The molecular formula is C5H7BrN2. The number of hydrogen-bond donors (Lipinski definition) is 0. The van der Waals surface area contributed by atoms with Crippen molar-refractivity contribution in [1.82, 2.24) is 9.78 Å². The standard InChI is InChI=1S/C5H7BrN2/c1-4-3-7-8(2)5(4)6/h3H,1-2H3. The summed E-state index contributed by atoms with van der Waals surface area (Å²) < 4.78 is 2.84. The summed E-state index contributed by atoms with van der Waals surface area (Å²) in [4.78, 5) is 0. The normalized spacial score (nSPS) is 9.88. The van der Waals surface area contributed by atoms with E-state index >= 15 is 0 Å². The molecule has 2 nitrogen and oxygen atoms in total. The van der Waals surface area contributed by atoms with Crippen molar-refractivity contribution in [1.29, 1.82) is 0 Å². The summed E-state index contributed by atoms with van der Waals surface area (Å²) in [6, 6.07) is 0. The van der Waals surface area contributed by atoms with Gasteiger partial charge in [-0.1, -0.05) is 0 Å². The third-order valence-corrected chi connectivity index (χ3v) is 2.17. The molecule has 0 radical (unpaired) electrons. The minimum Gasteiger partial charge on any atom is -0.261 e. The van der Waals surface area contributed by atoms with Gasteiger partial charge in [-0.3, -0.25) is 4.68 Å². The molecule has 0 amide bonds. The smallest absolute Gasteiger partial charge is 0.106 e. The lowest BCUT2D eigenvalue weighted by molar-refractivity contribution is 0.749. The Morgan fingerprint density at radius 1 is 1.75 bits per heavy atom. The van der Waals surface area contributed by atoms with Gasteiger partial charge in [-0.05, 0) is 22.9 Å². The third kappa shape index (κ3) is 0.777. The lowest BCUT2D eigenvalue weighted by atomic mass is 10.4. The van der Waals surface area contributed by atoms with Crippen molar-refractivity contribution in [3.63, 3.8) is 0 Å². The van der Waals surface area contributed by atoms with Gasteiger partial charge in [0.25, 0.3) is 0 Å². The quantitative estimate of drug-likeness (QED) is 0.584.